The molecule has 8 heavy (non-hydrogen) atoms. The van der Waals surface area contributed by atoms with E-state index < -0.39 is 5.60 Å². The van der Waals surface area contributed by atoms with Crippen LogP contribution < -0.4 is 0 Å². The van der Waals surface area contributed by atoms with Crippen molar-refractivity contribution < 1.29 is 10.1 Å². The van der Waals surface area contributed by atoms with Crippen LogP contribution in [0.3, 0.4) is 0 Å². The lowest BCUT2D eigenvalue weighted by Gasteiger charge is -2.18. The molecule has 0 heterocycles. The first-order valence-electron chi connectivity index (χ1n) is 2.13. The first kappa shape index (κ1) is 8.69. The van der Waals surface area contributed by atoms with E-state index in [1.54, 1.807) is 6.92 Å². The van der Waals surface area contributed by atoms with E-state index in [0.717, 1.165) is 0 Å². The van der Waals surface area contributed by atoms with Gasteiger partial charge in [-0.15, -0.1) is 11.6 Å². The SMILES string of the molecule is CC(CCl)(CBr)OO. The van der Waals surface area contributed by atoms with Gasteiger partial charge in [0.15, 0.2) is 0 Å². The van der Waals surface area contributed by atoms with Crippen LogP contribution in [0.25, 0.3) is 0 Å². The maximum atomic E-state index is 8.17. The lowest BCUT2D eigenvalue weighted by molar-refractivity contribution is -0.303. The van der Waals surface area contributed by atoms with Gasteiger partial charge < -0.3 is 0 Å². The van der Waals surface area contributed by atoms with Crippen molar-refractivity contribution in [2.75, 3.05) is 11.2 Å². The summed E-state index contributed by atoms with van der Waals surface area (Å²) in [5.74, 6) is 0.273. The summed E-state index contributed by atoms with van der Waals surface area (Å²) >= 11 is 8.52. The molecule has 4 heteroatoms. The Morgan fingerprint density at radius 3 is 2.38 bits per heavy atom. The first-order chi connectivity index (χ1) is 3.68. The van der Waals surface area contributed by atoms with Gasteiger partial charge in [0.25, 0.3) is 0 Å². The lowest BCUT2D eigenvalue weighted by Crippen LogP contribution is -2.31. The molecule has 0 aromatic carbocycles. The van der Waals surface area contributed by atoms with Gasteiger partial charge in [0.1, 0.15) is 5.60 Å². The molecule has 2 nitrogen and oxygen atoms in total. The van der Waals surface area contributed by atoms with E-state index in [2.05, 4.69) is 20.8 Å². The maximum Gasteiger partial charge on any atom is 0.123 e. The number of hydrogen-bond donors (Lipinski definition) is 1. The van der Waals surface area contributed by atoms with Gasteiger partial charge in [0, 0.05) is 5.33 Å². The molecular formula is C4H8BrClO2. The van der Waals surface area contributed by atoms with Gasteiger partial charge in [-0.1, -0.05) is 15.9 Å². The minimum atomic E-state index is -0.637. The van der Waals surface area contributed by atoms with Crippen LogP contribution in [-0.4, -0.2) is 22.1 Å². The monoisotopic (exact) mass is 202 g/mol. The van der Waals surface area contributed by atoms with Gasteiger partial charge in [-0.2, -0.15) is 0 Å². The summed E-state index contributed by atoms with van der Waals surface area (Å²) in [6, 6.07) is 0. The molecule has 0 saturated heterocycles. The highest BCUT2D eigenvalue weighted by Crippen LogP contribution is 2.13. The molecule has 0 fully saturated rings. The second-order valence-electron chi connectivity index (χ2n) is 1.81. The van der Waals surface area contributed by atoms with Crippen LogP contribution in [0.1, 0.15) is 6.92 Å². The Kier molecular flexibility index (Phi) is 3.98. The predicted octanol–water partition coefficient (Wildman–Crippen LogP) is 1.87. The Morgan fingerprint density at radius 2 is 2.38 bits per heavy atom. The summed E-state index contributed by atoms with van der Waals surface area (Å²) < 4.78 is 0. The van der Waals surface area contributed by atoms with Gasteiger partial charge in [-0.05, 0) is 6.92 Å². The summed E-state index contributed by atoms with van der Waals surface area (Å²) in [5, 5.41) is 8.70. The van der Waals surface area contributed by atoms with Crippen LogP contribution in [0, 0.1) is 0 Å². The van der Waals surface area contributed by atoms with Crippen LogP contribution in [0.2, 0.25) is 0 Å². The van der Waals surface area contributed by atoms with E-state index >= 15 is 0 Å². The number of halogens is 2. The molecule has 0 saturated carbocycles. The van der Waals surface area contributed by atoms with Crippen molar-refractivity contribution in [3.63, 3.8) is 0 Å². The molecule has 50 valence electrons. The molecule has 0 aliphatic rings. The fourth-order valence-electron chi connectivity index (χ4n) is 0.0845. The molecule has 0 amide bonds. The third kappa shape index (κ3) is 2.31. The third-order valence-electron chi connectivity index (χ3n) is 0.786. The standard InChI is InChI=1S/C4H8BrClO2/c1-4(2-5,3-6)8-7/h7H,2-3H2,1H3. The van der Waals surface area contributed by atoms with Gasteiger partial charge >= 0.3 is 0 Å². The molecule has 0 spiro atoms. The molecule has 0 aromatic rings. The minimum Gasteiger partial charge on any atom is -0.251 e. The van der Waals surface area contributed by atoms with Crippen molar-refractivity contribution >= 4 is 27.5 Å². The second-order valence-corrected chi connectivity index (χ2v) is 2.64. The quantitative estimate of drug-likeness (QED) is 0.431. The lowest BCUT2D eigenvalue weighted by atomic mass is 10.2. The van der Waals surface area contributed by atoms with Crippen LogP contribution in [0.5, 0.6) is 0 Å². The van der Waals surface area contributed by atoms with Crippen molar-refractivity contribution in [1.29, 1.82) is 0 Å². The average molecular weight is 203 g/mol. The van der Waals surface area contributed by atoms with E-state index in [0.29, 0.717) is 5.33 Å². The maximum absolute atomic E-state index is 8.17. The van der Waals surface area contributed by atoms with E-state index in [-0.39, 0.29) is 5.88 Å². The largest absolute Gasteiger partial charge is 0.251 e. The summed E-state index contributed by atoms with van der Waals surface area (Å²) in [6.45, 7) is 1.70. The van der Waals surface area contributed by atoms with Crippen molar-refractivity contribution in [3.05, 3.63) is 0 Å². The molecule has 1 N–H and O–H groups in total. The molecular weight excluding hydrogens is 195 g/mol. The molecule has 0 radical (unpaired) electrons. The highest BCUT2D eigenvalue weighted by molar-refractivity contribution is 9.09. The van der Waals surface area contributed by atoms with Crippen LogP contribution in [-0.2, 0) is 4.89 Å². The molecule has 0 aliphatic heterocycles. The smallest absolute Gasteiger partial charge is 0.123 e. The van der Waals surface area contributed by atoms with Crippen LogP contribution in [0.4, 0.5) is 0 Å². The number of rotatable bonds is 3. The Balaban J connectivity index is 3.58. The minimum absolute atomic E-state index is 0.273. The normalized spacial score (nSPS) is 18.0. The van der Waals surface area contributed by atoms with E-state index in [1.165, 1.54) is 0 Å². The van der Waals surface area contributed by atoms with Crippen molar-refractivity contribution in [2.24, 2.45) is 0 Å². The zero-order chi connectivity index (χ0) is 6.62. The van der Waals surface area contributed by atoms with Crippen LogP contribution >= 0.6 is 27.5 Å². The number of hydrogen-bond acceptors (Lipinski definition) is 2. The summed E-state index contributed by atoms with van der Waals surface area (Å²) in [7, 11) is 0. The Hall–Kier alpha value is 0.690. The van der Waals surface area contributed by atoms with Gasteiger partial charge in [0.2, 0.25) is 0 Å². The topological polar surface area (TPSA) is 29.5 Å². The summed E-state index contributed by atoms with van der Waals surface area (Å²) in [5.41, 5.74) is -0.637. The zero-order valence-corrected chi connectivity index (χ0v) is 6.87. The Morgan fingerprint density at radius 1 is 1.88 bits per heavy atom. The molecule has 0 bridgehead atoms. The van der Waals surface area contributed by atoms with Gasteiger partial charge in [-0.3, -0.25) is 5.26 Å². The van der Waals surface area contributed by atoms with Gasteiger partial charge in [0.05, 0.1) is 5.88 Å². The molecule has 1 atom stereocenters. The van der Waals surface area contributed by atoms with Crippen molar-refractivity contribution in [2.45, 2.75) is 12.5 Å². The van der Waals surface area contributed by atoms with Crippen LogP contribution in [0.15, 0.2) is 0 Å². The second kappa shape index (κ2) is 3.67. The molecule has 0 aromatic heterocycles. The molecule has 0 aliphatic carbocycles. The highest BCUT2D eigenvalue weighted by atomic mass is 79.9. The summed E-state index contributed by atoms with van der Waals surface area (Å²) in [6.07, 6.45) is 0. The Bertz CT molecular complexity index is 56.8. The third-order valence-corrected chi connectivity index (χ3v) is 2.54. The van der Waals surface area contributed by atoms with Crippen molar-refractivity contribution in [3.8, 4) is 0 Å². The Labute approximate surface area is 61.8 Å². The van der Waals surface area contributed by atoms with E-state index in [4.69, 9.17) is 16.9 Å². The zero-order valence-electron chi connectivity index (χ0n) is 4.53. The van der Waals surface area contributed by atoms with E-state index in [1.807, 2.05) is 0 Å². The highest BCUT2D eigenvalue weighted by Gasteiger charge is 2.22. The number of alkyl halides is 2. The summed E-state index contributed by atoms with van der Waals surface area (Å²) in [4.78, 5) is 4.06. The molecule has 1 unspecified atom stereocenters. The fourth-order valence-corrected chi connectivity index (χ4v) is 0.757. The van der Waals surface area contributed by atoms with E-state index in [9.17, 15) is 0 Å². The first-order valence-corrected chi connectivity index (χ1v) is 3.78. The van der Waals surface area contributed by atoms with Crippen molar-refractivity contribution in [1.82, 2.24) is 0 Å². The predicted molar refractivity (Wildman–Crippen MR) is 36.6 cm³/mol. The van der Waals surface area contributed by atoms with Gasteiger partial charge in [-0.25, -0.2) is 4.89 Å². The molecule has 0 rings (SSSR count). The average Bonchev–Trinajstić information content (AvgIpc) is 1.87. The fraction of sp³-hybridized carbons (Fsp3) is 1.00.